The summed E-state index contributed by atoms with van der Waals surface area (Å²) in [6.07, 6.45) is -2.87. The fourth-order valence-electron chi connectivity index (χ4n) is 1.10. The zero-order chi connectivity index (χ0) is 12.9. The average molecular weight is 264 g/mol. The Kier molecular flexibility index (Phi) is 4.64. The molecule has 0 aliphatic carbocycles. The zero-order valence-electron chi connectivity index (χ0n) is 8.94. The first-order valence-corrected chi connectivity index (χ1v) is 5.18. The lowest BCUT2D eigenvalue weighted by Gasteiger charge is -2.10. The van der Waals surface area contributed by atoms with Gasteiger partial charge in [-0.3, -0.25) is 0 Å². The normalized spacial score (nSPS) is 10.6. The van der Waals surface area contributed by atoms with Gasteiger partial charge >= 0.3 is 6.18 Å². The number of rotatable bonds is 2. The van der Waals surface area contributed by atoms with Crippen molar-refractivity contribution in [3.05, 3.63) is 23.4 Å². The SMILES string of the molecule is COc1ncc(C#CCCCl)cc1C(F)(F)F. The van der Waals surface area contributed by atoms with Crippen LogP contribution < -0.4 is 4.74 Å². The minimum absolute atomic E-state index is 0.184. The van der Waals surface area contributed by atoms with Crippen LogP contribution in [0.25, 0.3) is 0 Å². The van der Waals surface area contributed by atoms with Crippen molar-refractivity contribution >= 4 is 11.6 Å². The lowest BCUT2D eigenvalue weighted by molar-refractivity contribution is -0.139. The number of nitrogens with zero attached hydrogens (tertiary/aromatic N) is 1. The third-order valence-electron chi connectivity index (χ3n) is 1.80. The Bertz CT molecular complexity index is 448. The van der Waals surface area contributed by atoms with Gasteiger partial charge in [-0.15, -0.1) is 11.6 Å². The van der Waals surface area contributed by atoms with Crippen LogP contribution in [0.1, 0.15) is 17.5 Å². The highest BCUT2D eigenvalue weighted by Gasteiger charge is 2.35. The van der Waals surface area contributed by atoms with Gasteiger partial charge in [0, 0.05) is 24.1 Å². The third-order valence-corrected chi connectivity index (χ3v) is 1.99. The molecule has 0 amide bonds. The minimum atomic E-state index is -4.51. The van der Waals surface area contributed by atoms with Gasteiger partial charge in [0.2, 0.25) is 5.88 Å². The summed E-state index contributed by atoms with van der Waals surface area (Å²) in [5.74, 6) is 5.07. The molecular formula is C11H9ClF3NO. The van der Waals surface area contributed by atoms with Crippen LogP contribution in [0, 0.1) is 11.8 Å². The number of methoxy groups -OCH3 is 1. The molecule has 0 fully saturated rings. The molecule has 0 atom stereocenters. The number of halogens is 4. The minimum Gasteiger partial charge on any atom is -0.481 e. The Hall–Kier alpha value is -1.41. The standard InChI is InChI=1S/C11H9ClF3NO/c1-17-10-9(11(13,14)15)6-8(7-16-10)4-2-3-5-12/h6-7H,3,5H2,1H3. The lowest BCUT2D eigenvalue weighted by Crippen LogP contribution is -2.09. The molecule has 2 nitrogen and oxygen atoms in total. The Morgan fingerprint density at radius 1 is 1.47 bits per heavy atom. The summed E-state index contributed by atoms with van der Waals surface area (Å²) in [4.78, 5) is 3.56. The monoisotopic (exact) mass is 263 g/mol. The van der Waals surface area contributed by atoms with Crippen LogP contribution >= 0.6 is 11.6 Å². The molecule has 0 N–H and O–H groups in total. The molecular weight excluding hydrogens is 255 g/mol. The van der Waals surface area contributed by atoms with E-state index < -0.39 is 17.6 Å². The molecule has 0 saturated carbocycles. The molecule has 1 aromatic heterocycles. The Morgan fingerprint density at radius 2 is 2.18 bits per heavy atom. The molecule has 0 bridgehead atoms. The van der Waals surface area contributed by atoms with Crippen molar-refractivity contribution in [2.45, 2.75) is 12.6 Å². The average Bonchev–Trinajstić information content (AvgIpc) is 2.28. The van der Waals surface area contributed by atoms with Crippen molar-refractivity contribution in [3.8, 4) is 17.7 Å². The highest BCUT2D eigenvalue weighted by Crippen LogP contribution is 2.35. The molecule has 1 heterocycles. The first-order valence-electron chi connectivity index (χ1n) is 4.65. The van der Waals surface area contributed by atoms with E-state index in [0.29, 0.717) is 12.3 Å². The summed E-state index contributed by atoms with van der Waals surface area (Å²) < 4.78 is 42.4. The second kappa shape index (κ2) is 5.78. The van der Waals surface area contributed by atoms with Crippen LogP contribution in [0.2, 0.25) is 0 Å². The van der Waals surface area contributed by atoms with Gasteiger partial charge in [-0.25, -0.2) is 4.98 Å². The van der Waals surface area contributed by atoms with Crippen LogP contribution in [-0.4, -0.2) is 18.0 Å². The maximum absolute atomic E-state index is 12.6. The van der Waals surface area contributed by atoms with Crippen LogP contribution in [0.5, 0.6) is 5.88 Å². The molecule has 0 aliphatic heterocycles. The van der Waals surface area contributed by atoms with E-state index in [9.17, 15) is 13.2 Å². The fraction of sp³-hybridized carbons (Fsp3) is 0.364. The molecule has 6 heteroatoms. The van der Waals surface area contributed by atoms with Crippen molar-refractivity contribution in [2.75, 3.05) is 13.0 Å². The second-order valence-corrected chi connectivity index (χ2v) is 3.40. The van der Waals surface area contributed by atoms with Crippen molar-refractivity contribution in [3.63, 3.8) is 0 Å². The summed E-state index contributed by atoms with van der Waals surface area (Å²) in [6, 6.07) is 0.910. The van der Waals surface area contributed by atoms with E-state index in [0.717, 1.165) is 13.2 Å². The highest BCUT2D eigenvalue weighted by atomic mass is 35.5. The second-order valence-electron chi connectivity index (χ2n) is 3.02. The molecule has 1 rings (SSSR count). The van der Waals surface area contributed by atoms with Crippen LogP contribution in [0.4, 0.5) is 13.2 Å². The molecule has 0 spiro atoms. The first kappa shape index (κ1) is 13.7. The molecule has 0 aromatic carbocycles. The lowest BCUT2D eigenvalue weighted by atomic mass is 10.2. The van der Waals surface area contributed by atoms with Crippen molar-refractivity contribution < 1.29 is 17.9 Å². The number of hydrogen-bond donors (Lipinski definition) is 0. The van der Waals surface area contributed by atoms with E-state index in [-0.39, 0.29) is 5.56 Å². The van der Waals surface area contributed by atoms with Gasteiger partial charge in [0.25, 0.3) is 0 Å². The van der Waals surface area contributed by atoms with Crippen LogP contribution in [0.15, 0.2) is 12.3 Å². The van der Waals surface area contributed by atoms with Crippen LogP contribution in [-0.2, 0) is 6.18 Å². The number of pyridine rings is 1. The van der Waals surface area contributed by atoms with Crippen molar-refractivity contribution in [1.82, 2.24) is 4.98 Å². The summed E-state index contributed by atoms with van der Waals surface area (Å²) in [5, 5.41) is 0. The van der Waals surface area contributed by atoms with E-state index in [4.69, 9.17) is 11.6 Å². The van der Waals surface area contributed by atoms with Gasteiger partial charge in [-0.05, 0) is 6.07 Å². The van der Waals surface area contributed by atoms with Gasteiger partial charge in [0.05, 0.1) is 7.11 Å². The Labute approximate surface area is 102 Å². The van der Waals surface area contributed by atoms with Gasteiger partial charge in [-0.2, -0.15) is 13.2 Å². The summed E-state index contributed by atoms with van der Waals surface area (Å²) >= 11 is 5.40. The predicted molar refractivity (Wildman–Crippen MR) is 58.0 cm³/mol. The number of aromatic nitrogens is 1. The molecule has 1 aromatic rings. The quantitative estimate of drug-likeness (QED) is 0.604. The highest BCUT2D eigenvalue weighted by molar-refractivity contribution is 6.18. The van der Waals surface area contributed by atoms with E-state index >= 15 is 0 Å². The van der Waals surface area contributed by atoms with Gasteiger partial charge in [0.1, 0.15) is 5.56 Å². The largest absolute Gasteiger partial charge is 0.481 e. The summed E-state index contributed by atoms with van der Waals surface area (Å²) in [7, 11) is 1.14. The first-order chi connectivity index (χ1) is 7.99. The molecule has 0 radical (unpaired) electrons. The van der Waals surface area contributed by atoms with E-state index in [1.54, 1.807) is 0 Å². The van der Waals surface area contributed by atoms with Gasteiger partial charge in [0.15, 0.2) is 0 Å². The fourth-order valence-corrected chi connectivity index (χ4v) is 1.19. The smallest absolute Gasteiger partial charge is 0.421 e. The van der Waals surface area contributed by atoms with Crippen molar-refractivity contribution in [1.29, 1.82) is 0 Å². The Balaban J connectivity index is 3.11. The van der Waals surface area contributed by atoms with Gasteiger partial charge < -0.3 is 4.74 Å². The maximum Gasteiger partial charge on any atom is 0.421 e. The maximum atomic E-state index is 12.6. The topological polar surface area (TPSA) is 22.1 Å². The molecule has 0 saturated heterocycles. The molecule has 0 unspecified atom stereocenters. The molecule has 92 valence electrons. The molecule has 17 heavy (non-hydrogen) atoms. The Morgan fingerprint density at radius 3 is 2.71 bits per heavy atom. The zero-order valence-corrected chi connectivity index (χ0v) is 9.69. The molecule has 0 aliphatic rings. The summed E-state index contributed by atoms with van der Waals surface area (Å²) in [6.45, 7) is 0. The number of alkyl halides is 4. The van der Waals surface area contributed by atoms with E-state index in [1.165, 1.54) is 6.20 Å². The number of ether oxygens (including phenoxy) is 1. The predicted octanol–water partition coefficient (Wildman–Crippen LogP) is 3.09. The third kappa shape index (κ3) is 3.82. The summed E-state index contributed by atoms with van der Waals surface area (Å²) in [5.41, 5.74) is -0.749. The van der Waals surface area contributed by atoms with Gasteiger partial charge in [-0.1, -0.05) is 11.8 Å². The van der Waals surface area contributed by atoms with Crippen molar-refractivity contribution in [2.24, 2.45) is 0 Å². The number of hydrogen-bond acceptors (Lipinski definition) is 2. The van der Waals surface area contributed by atoms with Crippen LogP contribution in [0.3, 0.4) is 0 Å². The van der Waals surface area contributed by atoms with E-state index in [1.807, 2.05) is 0 Å². The van der Waals surface area contributed by atoms with E-state index in [2.05, 4.69) is 21.6 Å².